The van der Waals surface area contributed by atoms with E-state index < -0.39 is 10.0 Å². The Kier molecular flexibility index (Phi) is 7.99. The smallest absolute Gasteiger partial charge is 0.260 e. The molecule has 1 amide bonds. The summed E-state index contributed by atoms with van der Waals surface area (Å²) in [6.45, 7) is 3.67. The Bertz CT molecular complexity index is 1120. The van der Waals surface area contributed by atoms with Gasteiger partial charge in [0.2, 0.25) is 10.0 Å². The number of ether oxygens (including phenoxy) is 1. The van der Waals surface area contributed by atoms with E-state index in [1.807, 2.05) is 12.1 Å². The minimum absolute atomic E-state index is 0.0741. The van der Waals surface area contributed by atoms with E-state index in [0.717, 1.165) is 5.56 Å². The SMILES string of the molecule is CC(=O)CCc1ccc(OCC(=O)N2CCN(S(=O)(=O)c3cccc(C(C)=O)c3)CC2)cc1. The van der Waals surface area contributed by atoms with Crippen molar-refractivity contribution >= 4 is 27.5 Å². The van der Waals surface area contributed by atoms with E-state index in [4.69, 9.17) is 4.74 Å². The van der Waals surface area contributed by atoms with Crippen molar-refractivity contribution in [1.82, 2.24) is 9.21 Å². The molecule has 1 aliphatic heterocycles. The Morgan fingerprint density at radius 2 is 1.61 bits per heavy atom. The number of carbonyl (C=O) groups is 3. The van der Waals surface area contributed by atoms with Crippen LogP contribution in [0.15, 0.2) is 53.4 Å². The van der Waals surface area contributed by atoms with Gasteiger partial charge in [0.25, 0.3) is 5.91 Å². The van der Waals surface area contributed by atoms with Crippen molar-refractivity contribution in [2.24, 2.45) is 0 Å². The van der Waals surface area contributed by atoms with E-state index >= 15 is 0 Å². The van der Waals surface area contributed by atoms with Crippen LogP contribution in [0.2, 0.25) is 0 Å². The van der Waals surface area contributed by atoms with Crippen molar-refractivity contribution in [1.29, 1.82) is 0 Å². The van der Waals surface area contributed by atoms with E-state index in [1.54, 1.807) is 36.1 Å². The summed E-state index contributed by atoms with van der Waals surface area (Å²) in [5, 5.41) is 0. The first-order valence-corrected chi connectivity index (χ1v) is 12.2. The Labute approximate surface area is 194 Å². The molecule has 33 heavy (non-hydrogen) atoms. The number of sulfonamides is 1. The van der Waals surface area contributed by atoms with Crippen LogP contribution in [-0.4, -0.2) is 67.9 Å². The van der Waals surface area contributed by atoms with Crippen LogP contribution in [-0.2, 0) is 26.0 Å². The highest BCUT2D eigenvalue weighted by Gasteiger charge is 2.30. The van der Waals surface area contributed by atoms with Gasteiger partial charge in [-0.15, -0.1) is 0 Å². The number of ketones is 2. The number of nitrogens with zero attached hydrogens (tertiary/aromatic N) is 2. The lowest BCUT2D eigenvalue weighted by Gasteiger charge is -2.34. The molecule has 0 spiro atoms. The van der Waals surface area contributed by atoms with Gasteiger partial charge in [-0.25, -0.2) is 8.42 Å². The van der Waals surface area contributed by atoms with Crippen LogP contribution >= 0.6 is 0 Å². The number of amides is 1. The molecule has 3 rings (SSSR count). The highest BCUT2D eigenvalue weighted by molar-refractivity contribution is 7.89. The summed E-state index contributed by atoms with van der Waals surface area (Å²) in [4.78, 5) is 36.8. The van der Waals surface area contributed by atoms with E-state index in [9.17, 15) is 22.8 Å². The molecule has 9 heteroatoms. The van der Waals surface area contributed by atoms with Crippen LogP contribution in [0.5, 0.6) is 5.75 Å². The van der Waals surface area contributed by atoms with Gasteiger partial charge >= 0.3 is 0 Å². The van der Waals surface area contributed by atoms with Crippen LogP contribution in [0.4, 0.5) is 0 Å². The predicted molar refractivity (Wildman–Crippen MR) is 123 cm³/mol. The van der Waals surface area contributed by atoms with Gasteiger partial charge in [0, 0.05) is 38.2 Å². The maximum absolute atomic E-state index is 12.9. The van der Waals surface area contributed by atoms with Crippen LogP contribution < -0.4 is 4.74 Å². The number of Topliss-reactive ketones (excluding diaryl/α,β-unsaturated/α-hetero) is 2. The quantitative estimate of drug-likeness (QED) is 0.519. The number of benzene rings is 2. The number of hydrogen-bond donors (Lipinski definition) is 0. The molecule has 0 N–H and O–H groups in total. The Morgan fingerprint density at radius 3 is 2.21 bits per heavy atom. The third-order valence-electron chi connectivity index (χ3n) is 5.52. The summed E-state index contributed by atoms with van der Waals surface area (Å²) >= 11 is 0. The maximum atomic E-state index is 12.9. The number of rotatable bonds is 9. The van der Waals surface area contributed by atoms with E-state index in [1.165, 1.54) is 23.4 Å². The molecule has 1 aliphatic rings. The van der Waals surface area contributed by atoms with Gasteiger partial charge in [-0.05, 0) is 50.1 Å². The molecular weight excluding hydrogens is 444 g/mol. The average Bonchev–Trinajstić information content (AvgIpc) is 2.82. The van der Waals surface area contributed by atoms with Gasteiger partial charge < -0.3 is 14.4 Å². The van der Waals surface area contributed by atoms with E-state index in [2.05, 4.69) is 0 Å². The Balaban J connectivity index is 1.51. The Morgan fingerprint density at radius 1 is 0.939 bits per heavy atom. The lowest BCUT2D eigenvalue weighted by Crippen LogP contribution is -2.51. The topological polar surface area (TPSA) is 101 Å². The standard InChI is InChI=1S/C24H28N2O6S/c1-18(27)6-7-20-8-10-22(11-9-20)32-17-24(29)25-12-14-26(15-13-25)33(30,31)23-5-3-4-21(16-23)19(2)28/h3-5,8-11,16H,6-7,12-15,17H2,1-2H3. The number of hydrogen-bond acceptors (Lipinski definition) is 6. The second kappa shape index (κ2) is 10.7. The lowest BCUT2D eigenvalue weighted by molar-refractivity contribution is -0.134. The molecule has 2 aromatic carbocycles. The van der Waals surface area contributed by atoms with Crippen molar-refractivity contribution in [2.75, 3.05) is 32.8 Å². The first-order chi connectivity index (χ1) is 15.7. The molecule has 176 valence electrons. The van der Waals surface area contributed by atoms with Crippen molar-refractivity contribution in [3.05, 3.63) is 59.7 Å². The van der Waals surface area contributed by atoms with Crippen molar-refractivity contribution in [3.63, 3.8) is 0 Å². The molecule has 2 aromatic rings. The molecule has 0 bridgehead atoms. The highest BCUT2D eigenvalue weighted by Crippen LogP contribution is 2.20. The molecule has 8 nitrogen and oxygen atoms in total. The highest BCUT2D eigenvalue weighted by atomic mass is 32.2. The molecule has 0 atom stereocenters. The van der Waals surface area contributed by atoms with E-state index in [-0.39, 0.29) is 55.2 Å². The fourth-order valence-corrected chi connectivity index (χ4v) is 4.98. The van der Waals surface area contributed by atoms with Gasteiger partial charge in [-0.3, -0.25) is 9.59 Å². The van der Waals surface area contributed by atoms with Crippen LogP contribution in [0.3, 0.4) is 0 Å². The van der Waals surface area contributed by atoms with Gasteiger partial charge in [0.1, 0.15) is 11.5 Å². The molecule has 1 saturated heterocycles. The second-order valence-electron chi connectivity index (χ2n) is 8.00. The summed E-state index contributed by atoms with van der Waals surface area (Å²) in [6.07, 6.45) is 1.16. The first-order valence-electron chi connectivity index (χ1n) is 10.8. The third-order valence-corrected chi connectivity index (χ3v) is 7.42. The molecule has 0 aliphatic carbocycles. The minimum Gasteiger partial charge on any atom is -0.484 e. The lowest BCUT2D eigenvalue weighted by atomic mass is 10.1. The third kappa shape index (κ3) is 6.49. The monoisotopic (exact) mass is 472 g/mol. The predicted octanol–water partition coefficient (Wildman–Crippen LogP) is 2.32. The molecule has 0 aromatic heterocycles. The molecule has 1 heterocycles. The number of carbonyl (C=O) groups excluding carboxylic acids is 3. The summed E-state index contributed by atoms with van der Waals surface area (Å²) in [6, 6.07) is 13.3. The van der Waals surface area contributed by atoms with Gasteiger partial charge in [0.15, 0.2) is 12.4 Å². The molecule has 0 unspecified atom stereocenters. The number of aryl methyl sites for hydroxylation is 1. The van der Waals surface area contributed by atoms with Gasteiger partial charge in [0.05, 0.1) is 4.90 Å². The molecule has 1 fully saturated rings. The summed E-state index contributed by atoms with van der Waals surface area (Å²) in [7, 11) is -3.75. The largest absolute Gasteiger partial charge is 0.484 e. The van der Waals surface area contributed by atoms with Crippen molar-refractivity contribution in [2.45, 2.75) is 31.6 Å². The molecular formula is C24H28N2O6S. The van der Waals surface area contributed by atoms with Crippen molar-refractivity contribution in [3.8, 4) is 5.75 Å². The van der Waals surface area contributed by atoms with Crippen LogP contribution in [0.25, 0.3) is 0 Å². The summed E-state index contributed by atoms with van der Waals surface area (Å²) < 4.78 is 32.8. The number of piperazine rings is 1. The first kappa shape index (κ1) is 24.6. The normalized spacial score (nSPS) is 14.7. The molecule has 0 saturated carbocycles. The fourth-order valence-electron chi connectivity index (χ4n) is 3.51. The summed E-state index contributed by atoms with van der Waals surface area (Å²) in [5.41, 5.74) is 1.36. The van der Waals surface area contributed by atoms with E-state index in [0.29, 0.717) is 24.2 Å². The van der Waals surface area contributed by atoms with Gasteiger partial charge in [-0.2, -0.15) is 4.31 Å². The second-order valence-corrected chi connectivity index (χ2v) is 9.94. The Hall–Kier alpha value is -3.04. The van der Waals surface area contributed by atoms with Gasteiger partial charge in [-0.1, -0.05) is 24.3 Å². The maximum Gasteiger partial charge on any atom is 0.260 e. The minimum atomic E-state index is -3.75. The zero-order valence-electron chi connectivity index (χ0n) is 18.8. The van der Waals surface area contributed by atoms with Crippen LogP contribution in [0.1, 0.15) is 36.2 Å². The average molecular weight is 473 g/mol. The fraction of sp³-hybridized carbons (Fsp3) is 0.375. The van der Waals surface area contributed by atoms with Crippen LogP contribution in [0, 0.1) is 0 Å². The zero-order valence-corrected chi connectivity index (χ0v) is 19.6. The molecule has 0 radical (unpaired) electrons. The zero-order chi connectivity index (χ0) is 24.0. The summed E-state index contributed by atoms with van der Waals surface area (Å²) in [5.74, 6) is 0.277. The van der Waals surface area contributed by atoms with Crippen molar-refractivity contribution < 1.29 is 27.5 Å².